The van der Waals surface area contributed by atoms with E-state index in [4.69, 9.17) is 0 Å². The van der Waals surface area contributed by atoms with E-state index in [1.54, 1.807) is 24.3 Å². The van der Waals surface area contributed by atoms with E-state index in [9.17, 15) is 9.59 Å². The van der Waals surface area contributed by atoms with Crippen LogP contribution in [0.2, 0.25) is 0 Å². The minimum Gasteiger partial charge on any atom is -0.359 e. The van der Waals surface area contributed by atoms with Crippen molar-refractivity contribution in [3.63, 3.8) is 0 Å². The molecule has 0 aliphatic carbocycles. The molecule has 1 aliphatic rings. The predicted octanol–water partition coefficient (Wildman–Crippen LogP) is 5.33. The van der Waals surface area contributed by atoms with Crippen molar-refractivity contribution in [3.8, 4) is 0 Å². The number of hydrogen-bond acceptors (Lipinski definition) is 3. The Labute approximate surface area is 171 Å². The maximum atomic E-state index is 12.1. The molecule has 1 aliphatic heterocycles. The zero-order valence-electron chi connectivity index (χ0n) is 16.7. The molecule has 2 aromatic carbocycles. The Balaban J connectivity index is 0.00000145. The highest BCUT2D eigenvalue weighted by Gasteiger charge is 2.09. The van der Waals surface area contributed by atoms with Crippen molar-refractivity contribution in [1.82, 2.24) is 5.32 Å². The van der Waals surface area contributed by atoms with Crippen LogP contribution in [0, 0.1) is 0 Å². The van der Waals surface area contributed by atoms with E-state index in [1.165, 1.54) is 6.08 Å². The van der Waals surface area contributed by atoms with Crippen LogP contribution in [0.4, 0.5) is 21.9 Å². The molecule has 0 unspecified atom stereocenters. The smallest absolute Gasteiger partial charge is 0.323 e. The first-order valence-corrected chi connectivity index (χ1v) is 9.40. The molecular weight excluding hydrogens is 364 g/mol. The number of urea groups is 1. The molecule has 6 nitrogen and oxygen atoms in total. The highest BCUT2D eigenvalue weighted by atomic mass is 16.2. The molecule has 0 saturated carbocycles. The number of amides is 3. The predicted molar refractivity (Wildman–Crippen MR) is 121 cm³/mol. The van der Waals surface area contributed by atoms with Gasteiger partial charge < -0.3 is 21.3 Å². The molecule has 0 saturated heterocycles. The molecule has 3 amide bonds. The topological polar surface area (TPSA) is 82.3 Å². The van der Waals surface area contributed by atoms with E-state index in [1.807, 2.05) is 38.1 Å². The van der Waals surface area contributed by atoms with Gasteiger partial charge in [-0.1, -0.05) is 45.2 Å². The van der Waals surface area contributed by atoms with Crippen LogP contribution in [0.1, 0.15) is 25.8 Å². The maximum absolute atomic E-state index is 12.1. The molecule has 0 aromatic heterocycles. The molecule has 0 radical (unpaired) electrons. The van der Waals surface area contributed by atoms with Crippen molar-refractivity contribution in [2.45, 2.75) is 20.3 Å². The molecule has 4 N–H and O–H groups in total. The standard InChI is InChI=1S/C21H20N4O2.C2H6/c1-3-20(26)23-16-9-11-18(12-10-16)25-21(27)24-17-7-5-15(6-8-17)19-13-4-14(2)22-19;1-2/h3,5-13,22H,1-2,4H2,(H,23,26)(H2,24,25,27);1-2H3. The minimum atomic E-state index is -0.350. The van der Waals surface area contributed by atoms with Gasteiger partial charge in [-0.05, 0) is 48.0 Å². The van der Waals surface area contributed by atoms with Gasteiger partial charge in [0.05, 0.1) is 0 Å². The van der Waals surface area contributed by atoms with E-state index >= 15 is 0 Å². The Bertz CT molecular complexity index is 913. The van der Waals surface area contributed by atoms with E-state index in [2.05, 4.69) is 40.5 Å². The number of carbonyl (C=O) groups excluding carboxylic acids is 2. The number of benzene rings is 2. The van der Waals surface area contributed by atoms with Gasteiger partial charge in [0.2, 0.25) is 5.91 Å². The first-order chi connectivity index (χ1) is 14.0. The average Bonchev–Trinajstić information content (AvgIpc) is 3.17. The summed E-state index contributed by atoms with van der Waals surface area (Å²) in [5.41, 5.74) is 4.96. The Hall–Kier alpha value is -3.80. The summed E-state index contributed by atoms with van der Waals surface area (Å²) < 4.78 is 0. The van der Waals surface area contributed by atoms with Crippen LogP contribution in [-0.2, 0) is 4.79 Å². The van der Waals surface area contributed by atoms with Crippen molar-refractivity contribution in [2.24, 2.45) is 0 Å². The molecule has 29 heavy (non-hydrogen) atoms. The van der Waals surface area contributed by atoms with Crippen molar-refractivity contribution in [2.75, 3.05) is 16.0 Å². The molecule has 0 bridgehead atoms. The number of hydrogen-bond donors (Lipinski definition) is 4. The lowest BCUT2D eigenvalue weighted by Crippen LogP contribution is -2.19. The number of carbonyl (C=O) groups is 2. The van der Waals surface area contributed by atoms with Gasteiger partial charge in [-0.2, -0.15) is 0 Å². The SMILES string of the molecule is C=CC(=O)Nc1ccc(NC(=O)Nc2ccc(C3=CCC(=C)N3)cc2)cc1.CC. The van der Waals surface area contributed by atoms with Crippen LogP contribution in [0.5, 0.6) is 0 Å². The van der Waals surface area contributed by atoms with Crippen molar-refractivity contribution in [1.29, 1.82) is 0 Å². The Morgan fingerprint density at radius 1 is 0.897 bits per heavy atom. The summed E-state index contributed by atoms with van der Waals surface area (Å²) in [5, 5.41) is 11.4. The van der Waals surface area contributed by atoms with Gasteiger partial charge in [-0.15, -0.1) is 0 Å². The normalized spacial score (nSPS) is 11.9. The number of rotatable bonds is 5. The lowest BCUT2D eigenvalue weighted by atomic mass is 10.1. The van der Waals surface area contributed by atoms with Crippen molar-refractivity contribution in [3.05, 3.63) is 85.1 Å². The zero-order chi connectivity index (χ0) is 21.2. The molecule has 0 fully saturated rings. The van der Waals surface area contributed by atoms with Gasteiger partial charge in [-0.3, -0.25) is 4.79 Å². The quantitative estimate of drug-likeness (QED) is 0.521. The van der Waals surface area contributed by atoms with Crippen LogP contribution >= 0.6 is 0 Å². The molecule has 3 rings (SSSR count). The second kappa shape index (κ2) is 10.5. The van der Waals surface area contributed by atoms with Gasteiger partial charge in [0.25, 0.3) is 0 Å². The largest absolute Gasteiger partial charge is 0.359 e. The lowest BCUT2D eigenvalue weighted by molar-refractivity contribution is -0.111. The van der Waals surface area contributed by atoms with Crippen LogP contribution < -0.4 is 21.3 Å². The third-order valence-electron chi connectivity index (χ3n) is 3.91. The summed E-state index contributed by atoms with van der Waals surface area (Å²) >= 11 is 0. The number of nitrogens with one attached hydrogen (secondary N) is 4. The van der Waals surface area contributed by atoms with Crippen molar-refractivity contribution < 1.29 is 9.59 Å². The van der Waals surface area contributed by atoms with E-state index in [0.29, 0.717) is 17.1 Å². The Morgan fingerprint density at radius 3 is 1.83 bits per heavy atom. The van der Waals surface area contributed by atoms with Crippen LogP contribution in [0.3, 0.4) is 0 Å². The Kier molecular flexibility index (Phi) is 7.79. The fraction of sp³-hybridized carbons (Fsp3) is 0.130. The summed E-state index contributed by atoms with van der Waals surface area (Å²) in [6.45, 7) is 11.3. The Morgan fingerprint density at radius 2 is 1.38 bits per heavy atom. The summed E-state index contributed by atoms with van der Waals surface area (Å²) in [5.74, 6) is -0.287. The molecule has 0 atom stereocenters. The van der Waals surface area contributed by atoms with Crippen molar-refractivity contribution >= 4 is 34.7 Å². The summed E-state index contributed by atoms with van der Waals surface area (Å²) in [4.78, 5) is 23.4. The van der Waals surface area contributed by atoms with Gasteiger partial charge in [0.1, 0.15) is 0 Å². The fourth-order valence-corrected chi connectivity index (χ4v) is 2.56. The van der Waals surface area contributed by atoms with Gasteiger partial charge in [0.15, 0.2) is 0 Å². The number of allylic oxidation sites excluding steroid dienone is 1. The van der Waals surface area contributed by atoms with E-state index in [0.717, 1.165) is 23.4 Å². The molecule has 150 valence electrons. The fourth-order valence-electron chi connectivity index (χ4n) is 2.56. The first kappa shape index (κ1) is 21.5. The molecule has 2 aromatic rings. The second-order valence-corrected chi connectivity index (χ2v) is 5.98. The van der Waals surface area contributed by atoms with Gasteiger partial charge >= 0.3 is 6.03 Å². The van der Waals surface area contributed by atoms with Crippen LogP contribution in [-0.4, -0.2) is 11.9 Å². The first-order valence-electron chi connectivity index (χ1n) is 9.40. The zero-order valence-corrected chi connectivity index (χ0v) is 16.7. The summed E-state index contributed by atoms with van der Waals surface area (Å²) in [6, 6.07) is 14.0. The van der Waals surface area contributed by atoms with Crippen LogP contribution in [0.25, 0.3) is 5.70 Å². The average molecular weight is 390 g/mol. The minimum absolute atomic E-state index is 0.287. The highest BCUT2D eigenvalue weighted by Crippen LogP contribution is 2.22. The lowest BCUT2D eigenvalue weighted by Gasteiger charge is -2.10. The summed E-state index contributed by atoms with van der Waals surface area (Å²) in [7, 11) is 0. The molecule has 1 heterocycles. The monoisotopic (exact) mass is 390 g/mol. The molecule has 6 heteroatoms. The van der Waals surface area contributed by atoms with Crippen LogP contribution in [0.15, 0.2) is 79.5 Å². The van der Waals surface area contributed by atoms with E-state index in [-0.39, 0.29) is 11.9 Å². The highest BCUT2D eigenvalue weighted by molar-refractivity contribution is 6.01. The maximum Gasteiger partial charge on any atom is 0.323 e. The third kappa shape index (κ3) is 6.39. The number of anilines is 3. The summed E-state index contributed by atoms with van der Waals surface area (Å²) in [6.07, 6.45) is 4.10. The molecule has 0 spiro atoms. The third-order valence-corrected chi connectivity index (χ3v) is 3.91. The van der Waals surface area contributed by atoms with E-state index < -0.39 is 0 Å². The second-order valence-electron chi connectivity index (χ2n) is 5.98. The molecular formula is C23H26N4O2. The van der Waals surface area contributed by atoms with Gasteiger partial charge in [-0.25, -0.2) is 4.79 Å². The van der Waals surface area contributed by atoms with Gasteiger partial charge in [0, 0.05) is 34.9 Å².